The van der Waals surface area contributed by atoms with Gasteiger partial charge in [-0.25, -0.2) is 0 Å². The van der Waals surface area contributed by atoms with Gasteiger partial charge in [0.15, 0.2) is 0 Å². The summed E-state index contributed by atoms with van der Waals surface area (Å²) in [5.41, 5.74) is 1.52. The summed E-state index contributed by atoms with van der Waals surface area (Å²) >= 11 is 0. The number of carbonyl (C=O) groups excluding carboxylic acids is 1. The summed E-state index contributed by atoms with van der Waals surface area (Å²) in [6.45, 7) is 3.67. The second-order valence-corrected chi connectivity index (χ2v) is 5.23. The minimum absolute atomic E-state index is 0.143. The Morgan fingerprint density at radius 3 is 2.36 bits per heavy atom. The van der Waals surface area contributed by atoms with Crippen LogP contribution in [-0.2, 0) is 9.53 Å². The van der Waals surface area contributed by atoms with Crippen molar-refractivity contribution in [3.8, 4) is 11.5 Å². The predicted molar refractivity (Wildman–Crippen MR) is 98.5 cm³/mol. The summed E-state index contributed by atoms with van der Waals surface area (Å²) < 4.78 is 15.9. The van der Waals surface area contributed by atoms with Crippen molar-refractivity contribution >= 4 is 17.3 Å². The van der Waals surface area contributed by atoms with Crippen molar-refractivity contribution in [2.24, 2.45) is 0 Å². The fourth-order valence-electron chi connectivity index (χ4n) is 2.16. The molecule has 2 aromatic rings. The lowest BCUT2D eigenvalue weighted by Crippen LogP contribution is -2.21. The Kier molecular flexibility index (Phi) is 7.59. The van der Waals surface area contributed by atoms with E-state index in [2.05, 4.69) is 10.6 Å². The van der Waals surface area contributed by atoms with Crippen LogP contribution in [-0.4, -0.2) is 39.4 Å². The van der Waals surface area contributed by atoms with Crippen molar-refractivity contribution in [1.82, 2.24) is 0 Å². The molecule has 0 aliphatic rings. The van der Waals surface area contributed by atoms with E-state index < -0.39 is 0 Å². The number of methoxy groups -OCH3 is 1. The van der Waals surface area contributed by atoms with Crippen LogP contribution in [0.25, 0.3) is 0 Å². The Hall–Kier alpha value is -2.73. The van der Waals surface area contributed by atoms with Gasteiger partial charge < -0.3 is 24.8 Å². The number of hydrogen-bond acceptors (Lipinski definition) is 5. The lowest BCUT2D eigenvalue weighted by atomic mass is 10.3. The van der Waals surface area contributed by atoms with Crippen LogP contribution in [0.5, 0.6) is 11.5 Å². The molecule has 2 aromatic carbocycles. The molecule has 0 heterocycles. The summed E-state index contributed by atoms with van der Waals surface area (Å²) in [5, 5.41) is 5.92. The van der Waals surface area contributed by atoms with E-state index in [1.165, 1.54) is 0 Å². The predicted octanol–water partition coefficient (Wildman–Crippen LogP) is 3.16. The number of nitrogens with one attached hydrogen (secondary N) is 2. The molecule has 0 aromatic heterocycles. The van der Waals surface area contributed by atoms with Crippen LogP contribution in [0.4, 0.5) is 11.4 Å². The third-order valence-corrected chi connectivity index (χ3v) is 3.27. The third-order valence-electron chi connectivity index (χ3n) is 3.27. The first-order valence-electron chi connectivity index (χ1n) is 8.19. The molecule has 6 heteroatoms. The molecule has 0 fully saturated rings. The Balaban J connectivity index is 1.83. The zero-order valence-corrected chi connectivity index (χ0v) is 14.6. The largest absolute Gasteiger partial charge is 0.494 e. The van der Waals surface area contributed by atoms with Crippen molar-refractivity contribution in [2.45, 2.75) is 6.92 Å². The molecule has 0 aliphatic carbocycles. The number of carbonyl (C=O) groups is 1. The Morgan fingerprint density at radius 1 is 0.960 bits per heavy atom. The Labute approximate surface area is 148 Å². The molecule has 0 unspecified atom stereocenters. The van der Waals surface area contributed by atoms with Crippen molar-refractivity contribution in [3.05, 3.63) is 48.5 Å². The molecular formula is C19H24N2O4. The lowest BCUT2D eigenvalue weighted by molar-refractivity contribution is -0.114. The molecular weight excluding hydrogens is 320 g/mol. The first-order valence-corrected chi connectivity index (χ1v) is 8.19. The SMILES string of the molecule is CCOc1cccc(NCC(=O)Nc2cccc(OCCOC)c2)c1. The molecule has 2 N–H and O–H groups in total. The maximum Gasteiger partial charge on any atom is 0.243 e. The van der Waals surface area contributed by atoms with E-state index in [1.807, 2.05) is 49.4 Å². The summed E-state index contributed by atoms with van der Waals surface area (Å²) in [6, 6.07) is 14.8. The van der Waals surface area contributed by atoms with E-state index in [-0.39, 0.29) is 12.5 Å². The number of hydrogen-bond donors (Lipinski definition) is 2. The molecule has 0 radical (unpaired) electrons. The molecule has 6 nitrogen and oxygen atoms in total. The molecule has 2 rings (SSSR count). The van der Waals surface area contributed by atoms with E-state index in [1.54, 1.807) is 13.2 Å². The lowest BCUT2D eigenvalue weighted by Gasteiger charge is -2.11. The number of ether oxygens (including phenoxy) is 3. The molecule has 134 valence electrons. The van der Waals surface area contributed by atoms with Gasteiger partial charge in [-0.2, -0.15) is 0 Å². The van der Waals surface area contributed by atoms with Crippen LogP contribution in [0.1, 0.15) is 6.92 Å². The van der Waals surface area contributed by atoms with Gasteiger partial charge in [0.25, 0.3) is 0 Å². The van der Waals surface area contributed by atoms with Gasteiger partial charge in [-0.1, -0.05) is 12.1 Å². The van der Waals surface area contributed by atoms with Crippen molar-refractivity contribution in [1.29, 1.82) is 0 Å². The minimum atomic E-state index is -0.143. The quantitative estimate of drug-likeness (QED) is 0.648. The molecule has 0 spiro atoms. The third kappa shape index (κ3) is 6.73. The van der Waals surface area contributed by atoms with Crippen LogP contribution in [0, 0.1) is 0 Å². The van der Waals surface area contributed by atoms with E-state index in [4.69, 9.17) is 14.2 Å². The smallest absolute Gasteiger partial charge is 0.243 e. The van der Waals surface area contributed by atoms with Gasteiger partial charge in [0.1, 0.15) is 18.1 Å². The molecule has 25 heavy (non-hydrogen) atoms. The summed E-state index contributed by atoms with van der Waals surface area (Å²) in [7, 11) is 1.62. The van der Waals surface area contributed by atoms with Crippen LogP contribution in [0.2, 0.25) is 0 Å². The highest BCUT2D eigenvalue weighted by Gasteiger charge is 2.04. The number of benzene rings is 2. The highest BCUT2D eigenvalue weighted by atomic mass is 16.5. The fraction of sp³-hybridized carbons (Fsp3) is 0.316. The zero-order valence-electron chi connectivity index (χ0n) is 14.6. The molecule has 0 saturated heterocycles. The summed E-state index contributed by atoms with van der Waals surface area (Å²) in [4.78, 5) is 12.1. The molecule has 1 amide bonds. The molecule has 0 aliphatic heterocycles. The topological polar surface area (TPSA) is 68.8 Å². The zero-order chi connectivity index (χ0) is 17.9. The van der Waals surface area contributed by atoms with Crippen molar-refractivity contribution in [3.63, 3.8) is 0 Å². The van der Waals surface area contributed by atoms with Gasteiger partial charge in [-0.05, 0) is 31.2 Å². The monoisotopic (exact) mass is 344 g/mol. The van der Waals surface area contributed by atoms with E-state index in [9.17, 15) is 4.79 Å². The van der Waals surface area contributed by atoms with Crippen LogP contribution in [0.3, 0.4) is 0 Å². The minimum Gasteiger partial charge on any atom is -0.494 e. The fourth-order valence-corrected chi connectivity index (χ4v) is 2.16. The molecule has 0 saturated carbocycles. The standard InChI is InChI=1S/C19H24N2O4/c1-3-24-17-8-4-6-15(12-17)20-14-19(22)21-16-7-5-9-18(13-16)25-11-10-23-2/h4-9,12-13,20H,3,10-11,14H2,1-2H3,(H,21,22). The first kappa shape index (κ1) is 18.6. The second kappa shape index (κ2) is 10.2. The van der Waals surface area contributed by atoms with Crippen LogP contribution in [0.15, 0.2) is 48.5 Å². The maximum absolute atomic E-state index is 12.1. The molecule has 0 bridgehead atoms. The maximum atomic E-state index is 12.1. The van der Waals surface area contributed by atoms with Gasteiger partial charge in [0.2, 0.25) is 5.91 Å². The second-order valence-electron chi connectivity index (χ2n) is 5.23. The normalized spacial score (nSPS) is 10.2. The Morgan fingerprint density at radius 2 is 1.64 bits per heavy atom. The van der Waals surface area contributed by atoms with E-state index in [0.29, 0.717) is 31.3 Å². The number of anilines is 2. The van der Waals surface area contributed by atoms with E-state index >= 15 is 0 Å². The van der Waals surface area contributed by atoms with Gasteiger partial charge in [-0.15, -0.1) is 0 Å². The molecule has 0 atom stereocenters. The van der Waals surface area contributed by atoms with Gasteiger partial charge >= 0.3 is 0 Å². The average Bonchev–Trinajstić information content (AvgIpc) is 2.61. The van der Waals surface area contributed by atoms with Crippen molar-refractivity contribution in [2.75, 3.05) is 44.1 Å². The summed E-state index contributed by atoms with van der Waals surface area (Å²) in [5.74, 6) is 1.32. The highest BCUT2D eigenvalue weighted by Crippen LogP contribution is 2.18. The van der Waals surface area contributed by atoms with Gasteiger partial charge in [-0.3, -0.25) is 4.79 Å². The first-order chi connectivity index (χ1) is 12.2. The number of rotatable bonds is 10. The average molecular weight is 344 g/mol. The van der Waals surface area contributed by atoms with Crippen LogP contribution >= 0.6 is 0 Å². The highest BCUT2D eigenvalue weighted by molar-refractivity contribution is 5.93. The van der Waals surface area contributed by atoms with Gasteiger partial charge in [0.05, 0.1) is 19.8 Å². The van der Waals surface area contributed by atoms with Gasteiger partial charge in [0, 0.05) is 30.6 Å². The Bertz CT molecular complexity index is 676. The number of amides is 1. The summed E-state index contributed by atoms with van der Waals surface area (Å²) in [6.07, 6.45) is 0. The van der Waals surface area contributed by atoms with E-state index in [0.717, 1.165) is 11.4 Å². The van der Waals surface area contributed by atoms with Crippen molar-refractivity contribution < 1.29 is 19.0 Å². The van der Waals surface area contributed by atoms with Crippen LogP contribution < -0.4 is 20.1 Å².